The number of aromatic nitrogens is 4. The Morgan fingerprint density at radius 2 is 1.80 bits per heavy atom. The van der Waals surface area contributed by atoms with Crippen LogP contribution in [0.5, 0.6) is 0 Å². The molecule has 6 rings (SSSR count). The number of carbonyl (C=O) groups excluding carboxylic acids is 1. The van der Waals surface area contributed by atoms with Crippen LogP contribution in [0.2, 0.25) is 5.02 Å². The lowest BCUT2D eigenvalue weighted by atomic mass is 10.0. The van der Waals surface area contributed by atoms with Gasteiger partial charge in [0.1, 0.15) is 17.2 Å². The van der Waals surface area contributed by atoms with Gasteiger partial charge in [-0.2, -0.15) is 4.39 Å². The van der Waals surface area contributed by atoms with Crippen molar-refractivity contribution in [2.75, 3.05) is 0 Å². The normalized spacial score (nSPS) is 13.6. The van der Waals surface area contributed by atoms with Gasteiger partial charge >= 0.3 is 0 Å². The molecule has 1 amide bonds. The second kappa shape index (κ2) is 7.78. The number of hydrogen-bond donors (Lipinski definition) is 1. The topological polar surface area (TPSA) is 86.7 Å². The summed E-state index contributed by atoms with van der Waals surface area (Å²) in [5.74, 6) is -3.08. The molecule has 0 saturated heterocycles. The molecule has 0 unspecified atom stereocenters. The number of halogens is 4. The number of imidazole rings is 1. The molecule has 35 heavy (non-hydrogen) atoms. The Bertz CT molecular complexity index is 1700. The zero-order valence-electron chi connectivity index (χ0n) is 17.9. The number of nitrogens with two attached hydrogens (primary N) is 1. The van der Waals surface area contributed by atoms with E-state index < -0.39 is 23.5 Å². The highest BCUT2D eigenvalue weighted by molar-refractivity contribution is 6.35. The van der Waals surface area contributed by atoms with Crippen LogP contribution in [0.3, 0.4) is 0 Å². The van der Waals surface area contributed by atoms with Gasteiger partial charge in [-0.1, -0.05) is 11.6 Å². The van der Waals surface area contributed by atoms with Crippen molar-refractivity contribution in [1.82, 2.24) is 19.5 Å². The summed E-state index contributed by atoms with van der Waals surface area (Å²) in [6.45, 7) is 0. The lowest BCUT2D eigenvalue weighted by molar-refractivity contribution is 0.100. The molecule has 0 radical (unpaired) electrons. The summed E-state index contributed by atoms with van der Waals surface area (Å²) in [6.07, 6.45) is 4.35. The Labute approximate surface area is 201 Å². The van der Waals surface area contributed by atoms with Crippen LogP contribution in [0.1, 0.15) is 34.9 Å². The van der Waals surface area contributed by atoms with E-state index in [1.165, 1.54) is 30.5 Å². The van der Waals surface area contributed by atoms with Gasteiger partial charge in [-0.15, -0.1) is 0 Å². The Morgan fingerprint density at radius 3 is 2.54 bits per heavy atom. The van der Waals surface area contributed by atoms with Gasteiger partial charge in [-0.05, 0) is 54.8 Å². The van der Waals surface area contributed by atoms with Gasteiger partial charge in [-0.3, -0.25) is 14.3 Å². The third-order valence-corrected chi connectivity index (χ3v) is 6.47. The molecule has 1 aliphatic carbocycles. The van der Waals surface area contributed by atoms with Gasteiger partial charge in [0.25, 0.3) is 5.91 Å². The predicted molar refractivity (Wildman–Crippen MR) is 125 cm³/mol. The van der Waals surface area contributed by atoms with E-state index in [4.69, 9.17) is 22.3 Å². The maximum atomic E-state index is 15.1. The molecule has 2 aromatic carbocycles. The molecule has 0 atom stereocenters. The molecule has 1 fully saturated rings. The monoisotopic (exact) mass is 493 g/mol. The summed E-state index contributed by atoms with van der Waals surface area (Å²) in [4.78, 5) is 24.7. The number of primary amides is 1. The van der Waals surface area contributed by atoms with E-state index in [9.17, 15) is 13.6 Å². The smallest absolute Gasteiger partial charge is 0.250 e. The van der Waals surface area contributed by atoms with Crippen molar-refractivity contribution in [3.8, 4) is 16.8 Å². The maximum Gasteiger partial charge on any atom is 0.250 e. The number of pyridine rings is 2. The highest BCUT2D eigenvalue weighted by Gasteiger charge is 2.32. The molecule has 0 aliphatic heterocycles. The van der Waals surface area contributed by atoms with Crippen LogP contribution in [0, 0.1) is 17.6 Å². The van der Waals surface area contributed by atoms with Crippen molar-refractivity contribution in [3.63, 3.8) is 0 Å². The molecule has 3 aromatic heterocycles. The van der Waals surface area contributed by atoms with Crippen LogP contribution in [-0.4, -0.2) is 25.4 Å². The van der Waals surface area contributed by atoms with E-state index in [1.54, 1.807) is 16.7 Å². The van der Waals surface area contributed by atoms with Gasteiger partial charge in [0, 0.05) is 23.9 Å². The number of rotatable bonds is 4. The average molecular weight is 494 g/mol. The Morgan fingerprint density at radius 1 is 1.03 bits per heavy atom. The zero-order valence-corrected chi connectivity index (χ0v) is 18.7. The summed E-state index contributed by atoms with van der Waals surface area (Å²) in [5, 5.41) is 0.446. The maximum absolute atomic E-state index is 15.1. The SMILES string of the molecule is NC(=O)c1cc(-c2ccnc(F)c2F)cc2c1nc(C1CC1)n2-c1ccnc2c(Cl)ccc(F)c12. The number of fused-ring (bicyclic) bond motifs is 2. The van der Waals surface area contributed by atoms with E-state index in [0.717, 1.165) is 19.0 Å². The fraction of sp³-hybridized carbons (Fsp3) is 0.120. The first kappa shape index (κ1) is 21.5. The largest absolute Gasteiger partial charge is 0.366 e. The average Bonchev–Trinajstić information content (AvgIpc) is 3.62. The molecule has 1 saturated carbocycles. The quantitative estimate of drug-likeness (QED) is 0.326. The van der Waals surface area contributed by atoms with Gasteiger partial charge in [0.05, 0.1) is 32.7 Å². The fourth-order valence-corrected chi connectivity index (χ4v) is 4.62. The van der Waals surface area contributed by atoms with E-state index in [0.29, 0.717) is 17.0 Å². The van der Waals surface area contributed by atoms with Crippen LogP contribution in [0.4, 0.5) is 13.2 Å². The molecule has 174 valence electrons. The second-order valence-corrected chi connectivity index (χ2v) is 8.79. The number of amides is 1. The van der Waals surface area contributed by atoms with Crippen LogP contribution in [0.25, 0.3) is 38.8 Å². The van der Waals surface area contributed by atoms with Crippen molar-refractivity contribution < 1.29 is 18.0 Å². The van der Waals surface area contributed by atoms with Crippen molar-refractivity contribution in [2.24, 2.45) is 5.73 Å². The number of carbonyl (C=O) groups is 1. The van der Waals surface area contributed by atoms with Crippen LogP contribution < -0.4 is 5.73 Å². The molecule has 1 aliphatic rings. The van der Waals surface area contributed by atoms with Gasteiger partial charge in [0.15, 0.2) is 5.82 Å². The van der Waals surface area contributed by atoms with E-state index >= 15 is 4.39 Å². The van der Waals surface area contributed by atoms with Crippen LogP contribution in [-0.2, 0) is 0 Å². The lowest BCUT2D eigenvalue weighted by Gasteiger charge is -2.14. The fourth-order valence-electron chi connectivity index (χ4n) is 4.41. The summed E-state index contributed by atoms with van der Waals surface area (Å²) in [6, 6.07) is 8.55. The first-order valence-electron chi connectivity index (χ1n) is 10.7. The number of benzene rings is 2. The summed E-state index contributed by atoms with van der Waals surface area (Å²) in [5.41, 5.74) is 7.15. The second-order valence-electron chi connectivity index (χ2n) is 8.38. The van der Waals surface area contributed by atoms with E-state index in [1.807, 2.05) is 0 Å². The third kappa shape index (κ3) is 3.34. The zero-order chi connectivity index (χ0) is 24.4. The molecular formula is C25H15ClF3N5O. The van der Waals surface area contributed by atoms with Crippen molar-refractivity contribution >= 4 is 39.4 Å². The molecule has 0 spiro atoms. The molecular weight excluding hydrogens is 479 g/mol. The molecule has 3 heterocycles. The molecule has 2 N–H and O–H groups in total. The van der Waals surface area contributed by atoms with Crippen molar-refractivity contribution in [2.45, 2.75) is 18.8 Å². The van der Waals surface area contributed by atoms with Gasteiger partial charge < -0.3 is 5.73 Å². The Kier molecular flexibility index (Phi) is 4.79. The number of nitrogens with zero attached hydrogens (tertiary/aromatic N) is 4. The minimum Gasteiger partial charge on any atom is -0.366 e. The first-order chi connectivity index (χ1) is 16.8. The first-order valence-corrected chi connectivity index (χ1v) is 11.1. The lowest BCUT2D eigenvalue weighted by Crippen LogP contribution is -2.12. The Balaban J connectivity index is 1.76. The summed E-state index contributed by atoms with van der Waals surface area (Å²) < 4.78 is 45.4. The van der Waals surface area contributed by atoms with Crippen molar-refractivity contribution in [1.29, 1.82) is 0 Å². The summed E-state index contributed by atoms with van der Waals surface area (Å²) >= 11 is 6.30. The minimum absolute atomic E-state index is 0.0339. The minimum atomic E-state index is -1.27. The molecule has 10 heteroatoms. The van der Waals surface area contributed by atoms with Crippen molar-refractivity contribution in [3.05, 3.63) is 82.8 Å². The molecule has 6 nitrogen and oxygen atoms in total. The third-order valence-electron chi connectivity index (χ3n) is 6.16. The molecule has 0 bridgehead atoms. The van der Waals surface area contributed by atoms with Gasteiger partial charge in [0.2, 0.25) is 5.95 Å². The van der Waals surface area contributed by atoms with Crippen LogP contribution in [0.15, 0.2) is 48.8 Å². The highest BCUT2D eigenvalue weighted by atomic mass is 35.5. The van der Waals surface area contributed by atoms with Crippen LogP contribution >= 0.6 is 11.6 Å². The van der Waals surface area contributed by atoms with E-state index in [-0.39, 0.29) is 44.1 Å². The Hall–Kier alpha value is -3.98. The molecule has 5 aromatic rings. The highest BCUT2D eigenvalue weighted by Crippen LogP contribution is 2.44. The van der Waals surface area contributed by atoms with Gasteiger partial charge in [-0.25, -0.2) is 18.7 Å². The predicted octanol–water partition coefficient (Wildman–Crippen LogP) is 5.68. The standard InChI is InChI=1S/C25H15ClF3N5O/c26-15-3-4-16(27)19-17(6-8-31-22(15)19)34-18-10-12(13-5-7-32-23(29)20(13)28)9-14(24(30)35)21(18)33-25(34)11-1-2-11/h3-11H,1-2H2,(H2,30,35). The number of hydrogen-bond acceptors (Lipinski definition) is 4. The summed E-state index contributed by atoms with van der Waals surface area (Å²) in [7, 11) is 0. The van der Waals surface area contributed by atoms with E-state index in [2.05, 4.69) is 9.97 Å².